The largest absolute Gasteiger partial charge is 4.00 e. The van der Waals surface area contributed by atoms with E-state index in [1.165, 1.54) is 0 Å². The summed E-state index contributed by atoms with van der Waals surface area (Å²) < 4.78 is 0. The van der Waals surface area contributed by atoms with Gasteiger partial charge in [0.15, 0.2) is 0 Å². The molecule has 0 unspecified atom stereocenters. The topological polar surface area (TPSA) is 55.3 Å². The van der Waals surface area contributed by atoms with Crippen molar-refractivity contribution in [1.29, 1.82) is 0 Å². The maximum atomic E-state index is 3.25. The van der Waals surface area contributed by atoms with Crippen LogP contribution in [0.3, 0.4) is 0 Å². The molecule has 0 spiro atoms. The number of quaternary nitrogens is 2. The minimum atomic E-state index is 0. The molecule has 0 aliphatic rings. The van der Waals surface area contributed by atoms with Crippen molar-refractivity contribution in [3.05, 3.63) is 0 Å². The molecule has 0 rings (SSSR count). The maximum Gasteiger partial charge on any atom is 4.00 e. The van der Waals surface area contributed by atoms with Crippen LogP contribution in [0, 0.1) is 0 Å². The zero-order valence-electron chi connectivity index (χ0n) is 8.19. The SMILES string of the molecule is C[NH3+].C[NH3+].[Cl-].[Cl-].[Cl-].[Cl-].[Cl-].[I-].[I-].[I-].[I-].[I-].[Sn+4].[Sn+4]. The van der Waals surface area contributed by atoms with Crippen LogP contribution in [0.1, 0.15) is 0 Å². The Morgan fingerprint density at radius 2 is 0.375 bits per heavy atom. The Bertz CT molecular complexity index is 34.8. The molecule has 14 heteroatoms. The normalized spacial score (nSPS) is 0.750. The van der Waals surface area contributed by atoms with Gasteiger partial charge in [0, 0.05) is 0 Å². The minimum absolute atomic E-state index is 0. The molecule has 0 aromatic heterocycles. The average Bonchev–Trinajstić information content (AvgIpc) is 1.50. The van der Waals surface area contributed by atoms with Crippen molar-refractivity contribution in [3.63, 3.8) is 0 Å². The molecule has 2 nitrogen and oxygen atoms in total. The van der Waals surface area contributed by atoms with Crippen LogP contribution < -0.4 is 193 Å². The van der Waals surface area contributed by atoms with Crippen molar-refractivity contribution in [3.8, 4) is 0 Å². The summed E-state index contributed by atoms with van der Waals surface area (Å²) in [5.74, 6) is 0. The summed E-state index contributed by atoms with van der Waals surface area (Å²) in [6, 6.07) is 0. The standard InChI is InChI=1S/2CH5N.5ClH.5HI.2Sn/c2*1-2;;;;;;;;;;;;/h2*2H2,1H3;10*1H;;/q;;;;;;;;;;;;2*+4/p-8. The predicted molar refractivity (Wildman–Crippen MR) is 29.1 cm³/mol. The molecular formula is C2H12Cl5I5N2Sn2. The van der Waals surface area contributed by atoms with E-state index in [0.29, 0.717) is 0 Å². The first kappa shape index (κ1) is 142. The van der Waals surface area contributed by atoms with Crippen LogP contribution in [0.25, 0.3) is 0 Å². The third-order valence-electron chi connectivity index (χ3n) is 0. The van der Waals surface area contributed by atoms with Gasteiger partial charge in [-0.2, -0.15) is 0 Å². The van der Waals surface area contributed by atoms with E-state index in [0.717, 1.165) is 0 Å². The Hall–Kier alpha value is 6.62. The molecule has 0 heterocycles. The monoisotopic (exact) mass is 1110 g/mol. The van der Waals surface area contributed by atoms with Gasteiger partial charge in [-0.1, -0.05) is 0 Å². The molecule has 0 atom stereocenters. The minimum Gasteiger partial charge on any atom is -1.00 e. The van der Waals surface area contributed by atoms with Crippen molar-refractivity contribution >= 4 is 47.8 Å². The summed E-state index contributed by atoms with van der Waals surface area (Å²) in [6.07, 6.45) is 0. The molecule has 108 valence electrons. The van der Waals surface area contributed by atoms with Gasteiger partial charge in [0.05, 0.1) is 14.1 Å². The third kappa shape index (κ3) is 181. The van der Waals surface area contributed by atoms with Crippen LogP contribution in [0.2, 0.25) is 0 Å². The molecule has 0 fully saturated rings. The van der Waals surface area contributed by atoms with Crippen molar-refractivity contribution in [2.75, 3.05) is 14.1 Å². The van der Waals surface area contributed by atoms with E-state index in [1.54, 1.807) is 14.1 Å². The van der Waals surface area contributed by atoms with Crippen molar-refractivity contribution in [2.45, 2.75) is 0 Å². The first-order chi connectivity index (χ1) is 2.00. The van der Waals surface area contributed by atoms with E-state index in [4.69, 9.17) is 0 Å². The second-order valence-corrected chi connectivity index (χ2v) is 0. The fourth-order valence-corrected chi connectivity index (χ4v) is 0. The van der Waals surface area contributed by atoms with Gasteiger partial charge in [0.2, 0.25) is 0 Å². The predicted octanol–water partition coefficient (Wildman–Crippen LogP) is -33.0. The summed E-state index contributed by atoms with van der Waals surface area (Å²) in [4.78, 5) is 0. The van der Waals surface area contributed by atoms with E-state index in [9.17, 15) is 0 Å². The molecule has 0 aliphatic carbocycles. The second-order valence-electron chi connectivity index (χ2n) is 0. The fraction of sp³-hybridized carbons (Fsp3) is 1.00. The Morgan fingerprint density at radius 3 is 0.375 bits per heavy atom. The zero-order chi connectivity index (χ0) is 4.00. The van der Waals surface area contributed by atoms with E-state index >= 15 is 0 Å². The van der Waals surface area contributed by atoms with Gasteiger partial charge in [-0.15, -0.1) is 0 Å². The summed E-state index contributed by atoms with van der Waals surface area (Å²) in [6.45, 7) is 0. The van der Waals surface area contributed by atoms with Gasteiger partial charge in [0.1, 0.15) is 0 Å². The number of hydrogen-bond acceptors (Lipinski definition) is 0. The molecular weight excluding hydrogens is 1100 g/mol. The number of rotatable bonds is 0. The molecule has 0 saturated heterocycles. The van der Waals surface area contributed by atoms with Gasteiger partial charge in [-0.05, 0) is 0 Å². The Labute approximate surface area is 249 Å². The zero-order valence-corrected chi connectivity index (χ0v) is 28.5. The molecule has 0 aliphatic heterocycles. The fourth-order valence-electron chi connectivity index (χ4n) is 0. The molecule has 0 saturated carbocycles. The van der Waals surface area contributed by atoms with Crippen molar-refractivity contribution in [1.82, 2.24) is 0 Å². The van der Waals surface area contributed by atoms with Crippen LogP contribution in [0.5, 0.6) is 0 Å². The smallest absolute Gasteiger partial charge is 1.00 e. The summed E-state index contributed by atoms with van der Waals surface area (Å²) in [5, 5.41) is 0. The summed E-state index contributed by atoms with van der Waals surface area (Å²) >= 11 is 0. The average molecular weight is 1110 g/mol. The first-order valence-corrected chi connectivity index (χ1v) is 1.41. The van der Waals surface area contributed by atoms with Gasteiger partial charge in [0.25, 0.3) is 0 Å². The van der Waals surface area contributed by atoms with Crippen LogP contribution in [-0.4, -0.2) is 61.9 Å². The second kappa shape index (κ2) is 210. The molecule has 0 radical (unpaired) electrons. The molecule has 0 bridgehead atoms. The third-order valence-corrected chi connectivity index (χ3v) is 0. The number of halogens is 10. The van der Waals surface area contributed by atoms with E-state index in [1.807, 2.05) is 0 Å². The number of hydrogen-bond donors (Lipinski definition) is 2. The van der Waals surface area contributed by atoms with Gasteiger partial charge < -0.3 is 193 Å². The van der Waals surface area contributed by atoms with Crippen LogP contribution in [0.15, 0.2) is 0 Å². The van der Waals surface area contributed by atoms with E-state index in [2.05, 4.69) is 11.5 Å². The quantitative estimate of drug-likeness (QED) is 0.179. The van der Waals surface area contributed by atoms with E-state index in [-0.39, 0.29) is 230 Å². The molecule has 0 aromatic rings. The summed E-state index contributed by atoms with van der Waals surface area (Å²) in [7, 11) is 3.50. The van der Waals surface area contributed by atoms with Crippen molar-refractivity contribution in [2.24, 2.45) is 0 Å². The Kier molecular flexibility index (Phi) is 1870. The van der Waals surface area contributed by atoms with Crippen molar-refractivity contribution < 1.29 is 193 Å². The van der Waals surface area contributed by atoms with Crippen LogP contribution in [0.4, 0.5) is 0 Å². The van der Waals surface area contributed by atoms with Gasteiger partial charge >= 0.3 is 47.8 Å². The molecule has 6 N–H and O–H groups in total. The Morgan fingerprint density at radius 1 is 0.375 bits per heavy atom. The first-order valence-electron chi connectivity index (χ1n) is 1.41. The molecule has 16 heavy (non-hydrogen) atoms. The molecule has 0 amide bonds. The van der Waals surface area contributed by atoms with Gasteiger partial charge in [-0.25, -0.2) is 0 Å². The molecule has 0 aromatic carbocycles. The van der Waals surface area contributed by atoms with Crippen LogP contribution in [-0.2, 0) is 0 Å². The summed E-state index contributed by atoms with van der Waals surface area (Å²) in [5.41, 5.74) is 6.50. The van der Waals surface area contributed by atoms with Gasteiger partial charge in [-0.3, -0.25) is 0 Å². The van der Waals surface area contributed by atoms with Crippen LogP contribution >= 0.6 is 0 Å². The Balaban J connectivity index is -0.000000000238. The maximum absolute atomic E-state index is 3.25. The van der Waals surface area contributed by atoms with E-state index < -0.39 is 0 Å².